The molecule has 2 aliphatic rings. The Morgan fingerprint density at radius 3 is 2.80 bits per heavy atom. The number of urea groups is 1. The molecule has 2 aromatic heterocycles. The molecule has 0 bridgehead atoms. The van der Waals surface area contributed by atoms with Crippen molar-refractivity contribution in [1.82, 2.24) is 15.0 Å². The number of aromatic nitrogens is 3. The maximum Gasteiger partial charge on any atom is 0.393 e. The van der Waals surface area contributed by atoms with E-state index in [0.29, 0.717) is 37.0 Å². The van der Waals surface area contributed by atoms with Gasteiger partial charge < -0.3 is 10.2 Å². The number of hydrogen-bond acceptors (Lipinski definition) is 6. The molecule has 1 aromatic carbocycles. The molecule has 1 unspecified atom stereocenters. The number of carbonyl (C=O) groups is 1. The fourth-order valence-electron chi connectivity index (χ4n) is 4.38. The van der Waals surface area contributed by atoms with Crippen molar-refractivity contribution < 1.29 is 18.0 Å². The van der Waals surface area contributed by atoms with E-state index >= 15 is 0 Å². The van der Waals surface area contributed by atoms with Crippen LogP contribution in [0.4, 0.5) is 41.0 Å². The minimum atomic E-state index is -4.19. The van der Waals surface area contributed by atoms with Crippen LogP contribution >= 0.6 is 0 Å². The highest BCUT2D eigenvalue weighted by Gasteiger charge is 2.43. The minimum Gasteiger partial charge on any atom is -0.382 e. The van der Waals surface area contributed by atoms with E-state index in [1.54, 1.807) is 9.80 Å². The van der Waals surface area contributed by atoms with Gasteiger partial charge in [-0.25, -0.2) is 14.8 Å². The van der Waals surface area contributed by atoms with Gasteiger partial charge in [0.1, 0.15) is 0 Å². The van der Waals surface area contributed by atoms with Gasteiger partial charge in [0.05, 0.1) is 23.5 Å². The number of halogens is 3. The molecule has 2 N–H and O–H groups in total. The lowest BCUT2D eigenvalue weighted by Crippen LogP contribution is -2.36. The fraction of sp³-hybridized carbons (Fsp3) is 0.333. The lowest BCUT2D eigenvalue weighted by Gasteiger charge is -2.23. The number of nitrogens with zero attached hydrogens (tertiary/aromatic N) is 5. The second kappa shape index (κ2) is 9.40. The summed E-state index contributed by atoms with van der Waals surface area (Å²) in [7, 11) is 0. The number of hydrogen-bond donors (Lipinski definition) is 2. The zero-order valence-corrected chi connectivity index (χ0v) is 18.8. The summed E-state index contributed by atoms with van der Waals surface area (Å²) in [5.74, 6) is -0.503. The Morgan fingerprint density at radius 1 is 1.14 bits per heavy atom. The standard InChI is InChI=1S/C24H24F3N7O/c25-24(26,27)17-7-12-33(15-17)18-4-1-3-16(13-18)19-5-6-20-22(31-19)34(11-2-8-29-20)23(35)32-21-14-28-9-10-30-21/h1,3-6,9-10,13-14,17,29H,2,7-8,11-12,15H2,(H,30,32,35). The Labute approximate surface area is 200 Å². The molecule has 1 saturated heterocycles. The summed E-state index contributed by atoms with van der Waals surface area (Å²) in [6.07, 6.45) is 1.11. The van der Waals surface area contributed by atoms with Crippen LogP contribution in [0.15, 0.2) is 55.0 Å². The number of nitrogens with one attached hydrogen (secondary N) is 2. The number of pyridine rings is 1. The molecule has 182 valence electrons. The fourth-order valence-corrected chi connectivity index (χ4v) is 4.38. The lowest BCUT2D eigenvalue weighted by atomic mass is 10.1. The Hall–Kier alpha value is -3.89. The summed E-state index contributed by atoms with van der Waals surface area (Å²) >= 11 is 0. The highest BCUT2D eigenvalue weighted by molar-refractivity contribution is 6.02. The third kappa shape index (κ3) is 4.98. The number of amides is 2. The SMILES string of the molecule is O=C(Nc1cnccn1)N1CCCNc2ccc(-c3cccc(N4CCC(C(F)(F)F)C4)c3)nc21. The maximum absolute atomic E-state index is 13.1. The van der Waals surface area contributed by atoms with E-state index < -0.39 is 12.1 Å². The topological polar surface area (TPSA) is 86.3 Å². The largest absolute Gasteiger partial charge is 0.393 e. The predicted molar refractivity (Wildman–Crippen MR) is 128 cm³/mol. The molecule has 0 spiro atoms. The zero-order chi connectivity index (χ0) is 24.4. The first-order valence-corrected chi connectivity index (χ1v) is 11.4. The van der Waals surface area contributed by atoms with Crippen LogP contribution < -0.4 is 20.4 Å². The molecule has 2 aliphatic heterocycles. The van der Waals surface area contributed by atoms with E-state index in [1.807, 2.05) is 36.4 Å². The second-order valence-electron chi connectivity index (χ2n) is 8.54. The van der Waals surface area contributed by atoms with E-state index in [4.69, 9.17) is 4.98 Å². The minimum absolute atomic E-state index is 0.0508. The van der Waals surface area contributed by atoms with Crippen molar-refractivity contribution in [2.75, 3.05) is 46.6 Å². The van der Waals surface area contributed by atoms with Gasteiger partial charge in [-0.2, -0.15) is 13.2 Å². The first-order valence-electron chi connectivity index (χ1n) is 11.4. The van der Waals surface area contributed by atoms with Gasteiger partial charge in [-0.1, -0.05) is 12.1 Å². The van der Waals surface area contributed by atoms with Gasteiger partial charge in [0.2, 0.25) is 0 Å². The van der Waals surface area contributed by atoms with E-state index in [-0.39, 0.29) is 19.0 Å². The predicted octanol–water partition coefficient (Wildman–Crippen LogP) is 4.78. The van der Waals surface area contributed by atoms with Crippen molar-refractivity contribution in [2.24, 2.45) is 5.92 Å². The number of carbonyl (C=O) groups excluding carboxylic acids is 1. The van der Waals surface area contributed by atoms with Crippen LogP contribution in [-0.4, -0.2) is 53.3 Å². The van der Waals surface area contributed by atoms with Crippen molar-refractivity contribution in [2.45, 2.75) is 19.0 Å². The van der Waals surface area contributed by atoms with Crippen LogP contribution in [0.25, 0.3) is 11.3 Å². The van der Waals surface area contributed by atoms with Gasteiger partial charge in [-0.15, -0.1) is 0 Å². The molecule has 1 fully saturated rings. The summed E-state index contributed by atoms with van der Waals surface area (Å²) < 4.78 is 39.4. The number of fused-ring (bicyclic) bond motifs is 1. The number of anilines is 4. The van der Waals surface area contributed by atoms with Crippen LogP contribution in [0.1, 0.15) is 12.8 Å². The lowest BCUT2D eigenvalue weighted by molar-refractivity contribution is -0.168. The van der Waals surface area contributed by atoms with Crippen molar-refractivity contribution in [3.05, 3.63) is 55.0 Å². The van der Waals surface area contributed by atoms with Crippen LogP contribution in [-0.2, 0) is 0 Å². The Morgan fingerprint density at radius 2 is 2.03 bits per heavy atom. The molecule has 2 amide bonds. The van der Waals surface area contributed by atoms with Gasteiger partial charge >= 0.3 is 12.2 Å². The Kier molecular flexibility index (Phi) is 6.14. The molecule has 0 radical (unpaired) electrons. The van der Waals surface area contributed by atoms with Gasteiger partial charge in [-0.3, -0.25) is 15.2 Å². The molecule has 35 heavy (non-hydrogen) atoms. The van der Waals surface area contributed by atoms with Gasteiger partial charge in [0.25, 0.3) is 0 Å². The smallest absolute Gasteiger partial charge is 0.382 e. The zero-order valence-electron chi connectivity index (χ0n) is 18.8. The third-order valence-electron chi connectivity index (χ3n) is 6.21. The highest BCUT2D eigenvalue weighted by atomic mass is 19.4. The first-order chi connectivity index (χ1) is 16.9. The normalized spacial score (nSPS) is 18.0. The molecular weight excluding hydrogens is 459 g/mol. The highest BCUT2D eigenvalue weighted by Crippen LogP contribution is 2.37. The van der Waals surface area contributed by atoms with E-state index in [0.717, 1.165) is 23.4 Å². The number of rotatable bonds is 3. The summed E-state index contributed by atoms with van der Waals surface area (Å²) in [5, 5.41) is 6.05. The molecule has 1 atom stereocenters. The van der Waals surface area contributed by atoms with Crippen LogP contribution in [0.3, 0.4) is 0 Å². The summed E-state index contributed by atoms with van der Waals surface area (Å²) in [6, 6.07) is 10.7. The monoisotopic (exact) mass is 483 g/mol. The van der Waals surface area contributed by atoms with Crippen molar-refractivity contribution >= 4 is 29.0 Å². The molecule has 5 rings (SSSR count). The van der Waals surface area contributed by atoms with Crippen LogP contribution in [0.2, 0.25) is 0 Å². The van der Waals surface area contributed by atoms with Gasteiger partial charge in [0.15, 0.2) is 11.6 Å². The summed E-state index contributed by atoms with van der Waals surface area (Å²) in [5.41, 5.74) is 2.84. The summed E-state index contributed by atoms with van der Waals surface area (Å²) in [6.45, 7) is 1.44. The molecule has 0 aliphatic carbocycles. The van der Waals surface area contributed by atoms with E-state index in [9.17, 15) is 18.0 Å². The summed E-state index contributed by atoms with van der Waals surface area (Å²) in [4.78, 5) is 29.2. The molecule has 0 saturated carbocycles. The Balaban J connectivity index is 1.41. The molecule has 11 heteroatoms. The Bertz CT molecular complexity index is 1210. The molecule has 4 heterocycles. The van der Waals surface area contributed by atoms with Crippen molar-refractivity contribution in [1.29, 1.82) is 0 Å². The van der Waals surface area contributed by atoms with Crippen molar-refractivity contribution in [3.8, 4) is 11.3 Å². The number of alkyl halides is 3. The van der Waals surface area contributed by atoms with Crippen LogP contribution in [0, 0.1) is 5.92 Å². The maximum atomic E-state index is 13.1. The average Bonchev–Trinajstić information content (AvgIpc) is 3.27. The van der Waals surface area contributed by atoms with E-state index in [1.165, 1.54) is 18.6 Å². The third-order valence-corrected chi connectivity index (χ3v) is 6.21. The quantitative estimate of drug-likeness (QED) is 0.558. The molecule has 8 nitrogen and oxygen atoms in total. The molecule has 3 aromatic rings. The first kappa shape index (κ1) is 22.9. The van der Waals surface area contributed by atoms with Crippen LogP contribution in [0.5, 0.6) is 0 Å². The van der Waals surface area contributed by atoms with Gasteiger partial charge in [0, 0.05) is 49.8 Å². The van der Waals surface area contributed by atoms with Crippen molar-refractivity contribution in [3.63, 3.8) is 0 Å². The number of benzene rings is 1. The van der Waals surface area contributed by atoms with E-state index in [2.05, 4.69) is 20.6 Å². The van der Waals surface area contributed by atoms with Gasteiger partial charge in [-0.05, 0) is 37.1 Å². The average molecular weight is 483 g/mol. The molecular formula is C24H24F3N7O. The second-order valence-corrected chi connectivity index (χ2v) is 8.54.